The lowest BCUT2D eigenvalue weighted by molar-refractivity contribution is -0.232. The minimum atomic E-state index is -1.77. The Morgan fingerprint density at radius 1 is 0.903 bits per heavy atom. The molecule has 0 aliphatic carbocycles. The number of rotatable bonds is 3. The van der Waals surface area contributed by atoms with E-state index in [4.69, 9.17) is 9.15 Å². The molecule has 0 saturated carbocycles. The molecule has 1 aliphatic heterocycles. The highest BCUT2D eigenvalue weighted by Crippen LogP contribution is 2.44. The molecule has 2 aromatic carbocycles. The van der Waals surface area contributed by atoms with E-state index in [1.54, 1.807) is 0 Å². The van der Waals surface area contributed by atoms with Crippen LogP contribution in [0, 0.1) is 0 Å². The number of aliphatic hydroxyl groups excluding tert-OH is 4. The van der Waals surface area contributed by atoms with Gasteiger partial charge in [-0.3, -0.25) is 4.79 Å². The number of aliphatic hydroxyl groups is 4. The minimum absolute atomic E-state index is 0.0198. The van der Waals surface area contributed by atoms with Gasteiger partial charge in [0.05, 0.1) is 12.2 Å². The third-order valence-electron chi connectivity index (χ3n) is 5.34. The van der Waals surface area contributed by atoms with Crippen LogP contribution in [0.3, 0.4) is 0 Å². The Morgan fingerprint density at radius 2 is 1.58 bits per heavy atom. The summed E-state index contributed by atoms with van der Waals surface area (Å²) in [5, 5.41) is 70.0. The van der Waals surface area contributed by atoms with Crippen molar-refractivity contribution in [2.75, 3.05) is 6.61 Å². The number of phenols is 3. The van der Waals surface area contributed by atoms with Crippen molar-refractivity contribution < 1.29 is 44.9 Å². The molecule has 1 fully saturated rings. The summed E-state index contributed by atoms with van der Waals surface area (Å²) < 4.78 is 11.0. The van der Waals surface area contributed by atoms with E-state index in [2.05, 4.69) is 0 Å². The van der Waals surface area contributed by atoms with Gasteiger partial charge in [0.15, 0.2) is 5.43 Å². The Kier molecular flexibility index (Phi) is 5.33. The van der Waals surface area contributed by atoms with Crippen molar-refractivity contribution in [1.29, 1.82) is 0 Å². The summed E-state index contributed by atoms with van der Waals surface area (Å²) in [6.07, 6.45) is -7.95. The molecule has 7 N–H and O–H groups in total. The van der Waals surface area contributed by atoms with Crippen molar-refractivity contribution in [1.82, 2.24) is 0 Å². The topological polar surface area (TPSA) is 181 Å². The van der Waals surface area contributed by atoms with Crippen molar-refractivity contribution in [3.8, 4) is 28.6 Å². The highest BCUT2D eigenvalue weighted by atomic mass is 16.5. The van der Waals surface area contributed by atoms with Crippen LogP contribution in [-0.4, -0.2) is 66.8 Å². The number of hydrogen-bond acceptors (Lipinski definition) is 10. The molecular weight excluding hydrogens is 412 g/mol. The van der Waals surface area contributed by atoms with E-state index in [0.717, 1.165) is 12.1 Å². The first-order valence-electron chi connectivity index (χ1n) is 9.35. The standard InChI is InChI=1S/C21H20O10/c22-7-14-17(26)19(28)20(29)21(31-14)16-11(25)6-13-15(18(16)27)10(24)5-12(30-13)8-1-3-9(23)4-2-8/h1-6,14,17,19-23,25-29H,7H2/t14?,17-,19-,20?,21-/m0/s1. The molecule has 0 bridgehead atoms. The molecule has 2 heterocycles. The van der Waals surface area contributed by atoms with E-state index in [1.807, 2.05) is 0 Å². The number of hydrogen-bond donors (Lipinski definition) is 7. The highest BCUT2D eigenvalue weighted by Gasteiger charge is 2.46. The van der Waals surface area contributed by atoms with Gasteiger partial charge in [0, 0.05) is 17.7 Å². The normalized spacial score (nSPS) is 26.3. The first-order chi connectivity index (χ1) is 14.7. The second-order valence-corrected chi connectivity index (χ2v) is 7.30. The molecule has 10 heteroatoms. The van der Waals surface area contributed by atoms with Gasteiger partial charge >= 0.3 is 0 Å². The lowest BCUT2D eigenvalue weighted by Gasteiger charge is -2.40. The Labute approximate surface area is 174 Å². The number of fused-ring (bicyclic) bond motifs is 1. The maximum Gasteiger partial charge on any atom is 0.197 e. The number of aromatic hydroxyl groups is 3. The Balaban J connectivity index is 1.85. The smallest absolute Gasteiger partial charge is 0.197 e. The van der Waals surface area contributed by atoms with Crippen molar-refractivity contribution in [3.05, 3.63) is 52.2 Å². The Bertz CT molecular complexity index is 1170. The monoisotopic (exact) mass is 432 g/mol. The van der Waals surface area contributed by atoms with E-state index in [-0.39, 0.29) is 22.5 Å². The Hall–Kier alpha value is -3.15. The maximum absolute atomic E-state index is 12.7. The van der Waals surface area contributed by atoms with Crippen LogP contribution in [0.4, 0.5) is 0 Å². The predicted molar refractivity (Wildman–Crippen MR) is 106 cm³/mol. The van der Waals surface area contributed by atoms with Crippen LogP contribution in [0.2, 0.25) is 0 Å². The third kappa shape index (κ3) is 3.50. The summed E-state index contributed by atoms with van der Waals surface area (Å²) in [6.45, 7) is -0.700. The van der Waals surface area contributed by atoms with Crippen molar-refractivity contribution >= 4 is 11.0 Å². The van der Waals surface area contributed by atoms with Crippen LogP contribution in [0.25, 0.3) is 22.3 Å². The quantitative estimate of drug-likeness (QED) is 0.300. The van der Waals surface area contributed by atoms with Gasteiger partial charge in [-0.15, -0.1) is 0 Å². The molecule has 164 valence electrons. The summed E-state index contributed by atoms with van der Waals surface area (Å²) in [4.78, 5) is 12.7. The minimum Gasteiger partial charge on any atom is -0.508 e. The average molecular weight is 432 g/mol. The molecular formula is C21H20O10. The van der Waals surface area contributed by atoms with Crippen LogP contribution in [-0.2, 0) is 4.74 Å². The second kappa shape index (κ2) is 7.84. The molecule has 1 aromatic heterocycles. The van der Waals surface area contributed by atoms with Gasteiger partial charge in [-0.2, -0.15) is 0 Å². The zero-order valence-corrected chi connectivity index (χ0v) is 15.9. The van der Waals surface area contributed by atoms with Gasteiger partial charge in [-0.05, 0) is 24.3 Å². The van der Waals surface area contributed by atoms with Crippen LogP contribution >= 0.6 is 0 Å². The number of benzene rings is 2. The van der Waals surface area contributed by atoms with Gasteiger partial charge in [-0.25, -0.2) is 0 Å². The first kappa shape index (κ1) is 21.1. The molecule has 10 nitrogen and oxygen atoms in total. The first-order valence-corrected chi connectivity index (χ1v) is 9.35. The van der Waals surface area contributed by atoms with E-state index in [1.165, 1.54) is 24.3 Å². The number of phenolic OH excluding ortho intramolecular Hbond substituents is 3. The zero-order valence-electron chi connectivity index (χ0n) is 15.9. The van der Waals surface area contributed by atoms with Crippen molar-refractivity contribution in [3.63, 3.8) is 0 Å². The molecule has 5 atom stereocenters. The van der Waals surface area contributed by atoms with Crippen LogP contribution in [0.1, 0.15) is 11.7 Å². The van der Waals surface area contributed by atoms with Crippen molar-refractivity contribution in [2.45, 2.75) is 30.5 Å². The molecule has 1 aliphatic rings. The lowest BCUT2D eigenvalue weighted by atomic mass is 9.89. The highest BCUT2D eigenvalue weighted by molar-refractivity contribution is 5.88. The second-order valence-electron chi connectivity index (χ2n) is 7.30. The fourth-order valence-corrected chi connectivity index (χ4v) is 3.69. The molecule has 0 radical (unpaired) electrons. The van der Waals surface area contributed by atoms with Gasteiger partial charge in [0.2, 0.25) is 0 Å². The predicted octanol–water partition coefficient (Wildman–Crippen LogP) is 0.0917. The molecule has 3 aromatic rings. The lowest BCUT2D eigenvalue weighted by Crippen LogP contribution is -2.55. The summed E-state index contributed by atoms with van der Waals surface area (Å²) >= 11 is 0. The van der Waals surface area contributed by atoms with Gasteiger partial charge in [0.1, 0.15) is 64.5 Å². The van der Waals surface area contributed by atoms with E-state index in [9.17, 15) is 40.5 Å². The fraction of sp³-hybridized carbons (Fsp3) is 0.286. The summed E-state index contributed by atoms with van der Waals surface area (Å²) in [7, 11) is 0. The summed E-state index contributed by atoms with van der Waals surface area (Å²) in [5.41, 5.74) is -0.741. The average Bonchev–Trinajstić information content (AvgIpc) is 2.73. The van der Waals surface area contributed by atoms with E-state index < -0.39 is 59.6 Å². The van der Waals surface area contributed by atoms with Crippen LogP contribution < -0.4 is 5.43 Å². The summed E-state index contributed by atoms with van der Waals surface area (Å²) in [5.74, 6) is -1.19. The van der Waals surface area contributed by atoms with Gasteiger partial charge in [-0.1, -0.05) is 0 Å². The molecule has 31 heavy (non-hydrogen) atoms. The van der Waals surface area contributed by atoms with Crippen molar-refractivity contribution in [2.24, 2.45) is 0 Å². The SMILES string of the molecule is O=c1cc(-c2ccc(O)cc2)oc2cc(O)c([C@@H]3OC(CO)[C@H](O)[C@H](O)C3O)c(O)c12. The molecule has 0 spiro atoms. The Morgan fingerprint density at radius 3 is 2.23 bits per heavy atom. The van der Waals surface area contributed by atoms with E-state index in [0.29, 0.717) is 5.56 Å². The van der Waals surface area contributed by atoms with Gasteiger partial charge in [0.25, 0.3) is 0 Å². The maximum atomic E-state index is 12.7. The van der Waals surface area contributed by atoms with Gasteiger partial charge < -0.3 is 44.9 Å². The zero-order chi connectivity index (χ0) is 22.4. The number of ether oxygens (including phenoxy) is 1. The van der Waals surface area contributed by atoms with E-state index >= 15 is 0 Å². The van der Waals surface area contributed by atoms with Crippen LogP contribution in [0.5, 0.6) is 17.2 Å². The summed E-state index contributed by atoms with van der Waals surface area (Å²) in [6, 6.07) is 8.00. The third-order valence-corrected chi connectivity index (χ3v) is 5.34. The molecule has 1 saturated heterocycles. The fourth-order valence-electron chi connectivity index (χ4n) is 3.69. The van der Waals surface area contributed by atoms with Crippen LogP contribution in [0.15, 0.2) is 45.6 Å². The largest absolute Gasteiger partial charge is 0.508 e. The molecule has 2 unspecified atom stereocenters. The molecule has 0 amide bonds. The molecule has 4 rings (SSSR count).